The van der Waals surface area contributed by atoms with E-state index in [0.29, 0.717) is 11.1 Å². The van der Waals surface area contributed by atoms with Crippen molar-refractivity contribution in [3.8, 4) is 10.4 Å². The third-order valence-corrected chi connectivity index (χ3v) is 5.28. The molecule has 2 heterocycles. The van der Waals surface area contributed by atoms with Gasteiger partial charge in [-0.05, 0) is 18.6 Å². The lowest BCUT2D eigenvalue weighted by atomic mass is 10.1. The molecule has 0 radical (unpaired) electrons. The molecule has 0 bridgehead atoms. The van der Waals surface area contributed by atoms with E-state index in [1.54, 1.807) is 17.6 Å². The normalized spacial score (nSPS) is 19.6. The highest BCUT2D eigenvalue weighted by Gasteiger charge is 2.38. The third-order valence-electron chi connectivity index (χ3n) is 4.32. The predicted octanol–water partition coefficient (Wildman–Crippen LogP) is 1.99. The van der Waals surface area contributed by atoms with E-state index in [-0.39, 0.29) is 19.5 Å². The number of likely N-dealkylation sites (tertiary alicyclic amines) is 1. The Morgan fingerprint density at radius 2 is 2.23 bits per heavy atom. The van der Waals surface area contributed by atoms with Gasteiger partial charge in [-0.3, -0.25) is 9.69 Å². The predicted molar refractivity (Wildman–Crippen MR) is 93.2 cm³/mol. The summed E-state index contributed by atoms with van der Waals surface area (Å²) in [5.74, 6) is -0.917. The number of aliphatic hydroxyl groups excluding tert-OH is 1. The molecule has 3 rings (SSSR count). The van der Waals surface area contributed by atoms with Crippen LogP contribution in [-0.4, -0.2) is 50.8 Å². The van der Waals surface area contributed by atoms with Crippen molar-refractivity contribution in [1.82, 2.24) is 15.2 Å². The summed E-state index contributed by atoms with van der Waals surface area (Å²) in [5, 5.41) is 21.3. The fraction of sp³-hybridized carbons (Fsp3) is 0.353. The first-order valence-electron chi connectivity index (χ1n) is 8.01. The van der Waals surface area contributed by atoms with Crippen molar-refractivity contribution >= 4 is 23.3 Å². The Hall–Kier alpha value is -2.52. The summed E-state index contributed by atoms with van der Waals surface area (Å²) in [7, 11) is 0. The number of carboxylic acid groups (broad SMARTS) is 1. The van der Waals surface area contributed by atoms with Crippen molar-refractivity contribution in [1.29, 1.82) is 0 Å². The number of nitrogens with zero attached hydrogens (tertiary/aromatic N) is 2. The lowest BCUT2D eigenvalue weighted by Gasteiger charge is -2.20. The van der Waals surface area contributed by atoms with Gasteiger partial charge >= 0.3 is 6.09 Å². The molecule has 1 saturated heterocycles. The van der Waals surface area contributed by atoms with Gasteiger partial charge in [0.15, 0.2) is 0 Å². The van der Waals surface area contributed by atoms with Crippen LogP contribution in [0, 0.1) is 12.7 Å². The molecule has 1 aromatic carbocycles. The van der Waals surface area contributed by atoms with Crippen LogP contribution in [0.3, 0.4) is 0 Å². The molecular weight excluding hydrogens is 361 g/mol. The van der Waals surface area contributed by atoms with Crippen molar-refractivity contribution in [2.24, 2.45) is 0 Å². The molecule has 3 N–H and O–H groups in total. The Kier molecular flexibility index (Phi) is 5.19. The van der Waals surface area contributed by atoms with E-state index in [1.807, 2.05) is 6.92 Å². The summed E-state index contributed by atoms with van der Waals surface area (Å²) in [6, 6.07) is 3.75. The molecule has 0 aliphatic carbocycles. The van der Waals surface area contributed by atoms with Crippen LogP contribution in [0.5, 0.6) is 0 Å². The molecule has 1 fully saturated rings. The summed E-state index contributed by atoms with van der Waals surface area (Å²) < 4.78 is 14.4. The Morgan fingerprint density at radius 1 is 1.46 bits per heavy atom. The van der Waals surface area contributed by atoms with Gasteiger partial charge in [0.05, 0.1) is 28.7 Å². The van der Waals surface area contributed by atoms with Gasteiger partial charge in [-0.2, -0.15) is 0 Å². The van der Waals surface area contributed by atoms with Crippen LogP contribution in [0.4, 0.5) is 9.18 Å². The van der Waals surface area contributed by atoms with Crippen molar-refractivity contribution in [3.63, 3.8) is 0 Å². The summed E-state index contributed by atoms with van der Waals surface area (Å²) in [4.78, 5) is 29.2. The number of nitrogens with one attached hydrogen (secondary N) is 1. The van der Waals surface area contributed by atoms with E-state index in [9.17, 15) is 19.1 Å². The number of β-amino-alcohol motifs (C(OH)–C–C–N with tert-alkyl or cyclic N) is 1. The van der Waals surface area contributed by atoms with Gasteiger partial charge in [-0.25, -0.2) is 14.2 Å². The Labute approximate surface area is 153 Å². The largest absolute Gasteiger partial charge is 0.465 e. The molecule has 0 unspecified atom stereocenters. The van der Waals surface area contributed by atoms with Crippen molar-refractivity contribution < 1.29 is 24.2 Å². The minimum atomic E-state index is -1.25. The maximum atomic E-state index is 14.4. The maximum Gasteiger partial charge on any atom is 0.408 e. The van der Waals surface area contributed by atoms with Crippen LogP contribution in [0.25, 0.3) is 10.4 Å². The molecule has 1 aliphatic rings. The fourth-order valence-electron chi connectivity index (χ4n) is 2.99. The summed E-state index contributed by atoms with van der Waals surface area (Å²) in [5.41, 5.74) is 3.42. The standard InChI is InChI=1S/C17H18FN3O4S/c1-9-15(26-8-20-9)12-3-2-10(4-13(12)18)6-19-16(23)14-5-11(22)7-21(14)17(24)25/h2-4,8,11,14,22H,5-7H2,1H3,(H,19,23)(H,24,25)/t11-,14+/m1/s1. The highest BCUT2D eigenvalue weighted by Crippen LogP contribution is 2.30. The first-order chi connectivity index (χ1) is 12.4. The summed E-state index contributed by atoms with van der Waals surface area (Å²) >= 11 is 1.36. The average Bonchev–Trinajstić information content (AvgIpc) is 3.18. The van der Waals surface area contributed by atoms with Crippen LogP contribution >= 0.6 is 11.3 Å². The zero-order valence-corrected chi connectivity index (χ0v) is 14.8. The molecule has 9 heteroatoms. The fourth-order valence-corrected chi connectivity index (χ4v) is 3.83. The van der Waals surface area contributed by atoms with Crippen molar-refractivity contribution in [3.05, 3.63) is 40.8 Å². The van der Waals surface area contributed by atoms with Gasteiger partial charge < -0.3 is 15.5 Å². The van der Waals surface area contributed by atoms with E-state index < -0.39 is 30.0 Å². The van der Waals surface area contributed by atoms with E-state index in [0.717, 1.165) is 15.5 Å². The number of aromatic nitrogens is 1. The number of amides is 2. The number of halogens is 1. The van der Waals surface area contributed by atoms with Gasteiger partial charge in [0.1, 0.15) is 11.9 Å². The number of thiazole rings is 1. The second-order valence-electron chi connectivity index (χ2n) is 6.14. The first kappa shape index (κ1) is 18.3. The molecule has 2 amide bonds. The molecule has 7 nitrogen and oxygen atoms in total. The van der Waals surface area contributed by atoms with Gasteiger partial charge in [0.2, 0.25) is 5.91 Å². The summed E-state index contributed by atoms with van der Waals surface area (Å²) in [6.07, 6.45) is -2.06. The number of carbonyl (C=O) groups is 2. The van der Waals surface area contributed by atoms with Crippen LogP contribution in [0.1, 0.15) is 17.7 Å². The number of aryl methyl sites for hydroxylation is 1. The first-order valence-corrected chi connectivity index (χ1v) is 8.89. The van der Waals surface area contributed by atoms with Gasteiger partial charge in [-0.1, -0.05) is 12.1 Å². The van der Waals surface area contributed by atoms with E-state index >= 15 is 0 Å². The third kappa shape index (κ3) is 3.68. The van der Waals surface area contributed by atoms with E-state index in [2.05, 4.69) is 10.3 Å². The molecule has 26 heavy (non-hydrogen) atoms. The molecule has 0 saturated carbocycles. The minimum Gasteiger partial charge on any atom is -0.465 e. The molecule has 2 aromatic rings. The molecule has 0 spiro atoms. The van der Waals surface area contributed by atoms with Crippen molar-refractivity contribution in [2.75, 3.05) is 6.54 Å². The second kappa shape index (κ2) is 7.38. The van der Waals surface area contributed by atoms with E-state index in [1.165, 1.54) is 17.4 Å². The zero-order chi connectivity index (χ0) is 18.8. The Balaban J connectivity index is 1.66. The lowest BCUT2D eigenvalue weighted by molar-refractivity contribution is -0.125. The van der Waals surface area contributed by atoms with Crippen molar-refractivity contribution in [2.45, 2.75) is 32.0 Å². The van der Waals surface area contributed by atoms with Gasteiger partial charge in [-0.15, -0.1) is 11.3 Å². The number of hydrogen-bond donors (Lipinski definition) is 3. The smallest absolute Gasteiger partial charge is 0.408 e. The molecular formula is C17H18FN3O4S. The minimum absolute atomic E-state index is 0.0517. The van der Waals surface area contributed by atoms with E-state index in [4.69, 9.17) is 5.11 Å². The number of benzene rings is 1. The van der Waals surface area contributed by atoms with Crippen LogP contribution in [0.15, 0.2) is 23.7 Å². The molecule has 1 aliphatic heterocycles. The van der Waals surface area contributed by atoms with Crippen LogP contribution < -0.4 is 5.32 Å². The molecule has 138 valence electrons. The molecule has 2 atom stereocenters. The average molecular weight is 379 g/mol. The van der Waals surface area contributed by atoms with Gasteiger partial charge in [0.25, 0.3) is 0 Å². The van der Waals surface area contributed by atoms with Gasteiger partial charge in [0, 0.05) is 18.5 Å². The highest BCUT2D eigenvalue weighted by atomic mass is 32.1. The zero-order valence-electron chi connectivity index (χ0n) is 14.0. The second-order valence-corrected chi connectivity index (χ2v) is 6.99. The number of rotatable bonds is 4. The Bertz CT molecular complexity index is 841. The number of carbonyl (C=O) groups excluding carboxylic acids is 1. The monoisotopic (exact) mass is 379 g/mol. The van der Waals surface area contributed by atoms with Crippen LogP contribution in [0.2, 0.25) is 0 Å². The number of aliphatic hydroxyl groups is 1. The summed E-state index contributed by atoms with van der Waals surface area (Å²) in [6.45, 7) is 1.78. The Morgan fingerprint density at radius 3 is 2.85 bits per heavy atom. The van der Waals surface area contributed by atoms with Crippen LogP contribution in [-0.2, 0) is 11.3 Å². The lowest BCUT2D eigenvalue weighted by Crippen LogP contribution is -2.45. The quantitative estimate of drug-likeness (QED) is 0.754. The maximum absolute atomic E-state index is 14.4. The number of hydrogen-bond acceptors (Lipinski definition) is 5. The SMILES string of the molecule is Cc1ncsc1-c1ccc(CNC(=O)[C@@H]2C[C@@H](O)CN2C(=O)O)cc1F. The highest BCUT2D eigenvalue weighted by molar-refractivity contribution is 7.13. The molecule has 1 aromatic heterocycles. The topological polar surface area (TPSA) is 103 Å².